The van der Waals surface area contributed by atoms with E-state index in [1.54, 1.807) is 11.3 Å². The lowest BCUT2D eigenvalue weighted by molar-refractivity contribution is 1.35. The van der Waals surface area contributed by atoms with Gasteiger partial charge in [0.1, 0.15) is 0 Å². The molecule has 0 aliphatic carbocycles. The minimum atomic E-state index is 0.761. The molecular weight excluding hydrogens is 312 g/mol. The van der Waals surface area contributed by atoms with E-state index in [1.807, 2.05) is 25.1 Å². The first-order valence-corrected chi connectivity index (χ1v) is 8.30. The molecule has 0 atom stereocenters. The molecule has 3 rings (SSSR count). The molecule has 0 fully saturated rings. The van der Waals surface area contributed by atoms with Crippen molar-refractivity contribution in [3.63, 3.8) is 0 Å². The summed E-state index contributed by atoms with van der Waals surface area (Å²) >= 11 is 7.82. The molecule has 2 aromatic carbocycles. The van der Waals surface area contributed by atoms with Crippen molar-refractivity contribution < 1.29 is 0 Å². The van der Waals surface area contributed by atoms with Crippen LogP contribution in [0.2, 0.25) is 5.02 Å². The molecule has 1 N–H and O–H groups in total. The molecule has 0 saturated carbocycles. The zero-order valence-corrected chi connectivity index (χ0v) is 14.3. The van der Waals surface area contributed by atoms with Crippen LogP contribution in [-0.2, 0) is 0 Å². The molecule has 0 spiro atoms. The summed E-state index contributed by atoms with van der Waals surface area (Å²) in [5.41, 5.74) is 5.46. The van der Waals surface area contributed by atoms with Crippen LogP contribution in [0.1, 0.15) is 16.0 Å². The molecule has 0 radical (unpaired) electrons. The minimum absolute atomic E-state index is 0.761. The summed E-state index contributed by atoms with van der Waals surface area (Å²) in [7, 11) is 0. The summed E-state index contributed by atoms with van der Waals surface area (Å²) in [6.07, 6.45) is 0. The third-order valence-corrected chi connectivity index (χ3v) is 4.84. The Bertz CT molecular complexity index is 806. The van der Waals surface area contributed by atoms with Crippen LogP contribution in [0, 0.1) is 20.8 Å². The molecule has 0 unspecified atom stereocenters. The quantitative estimate of drug-likeness (QED) is 0.625. The number of aromatic nitrogens is 1. The average molecular weight is 329 g/mol. The summed E-state index contributed by atoms with van der Waals surface area (Å²) < 4.78 is 0. The molecule has 0 saturated heterocycles. The zero-order valence-electron chi connectivity index (χ0n) is 12.8. The van der Waals surface area contributed by atoms with Crippen LogP contribution in [0.15, 0.2) is 42.5 Å². The lowest BCUT2D eigenvalue weighted by Gasteiger charge is -2.04. The maximum atomic E-state index is 6.17. The summed E-state index contributed by atoms with van der Waals surface area (Å²) in [5.74, 6) is 0. The molecule has 0 aliphatic rings. The fraction of sp³-hybridized carbons (Fsp3) is 0.167. The SMILES string of the molecule is Cc1ccc(-c2nc(Nc3ccc(C)c(Cl)c3)sc2C)cc1. The van der Waals surface area contributed by atoms with E-state index < -0.39 is 0 Å². The van der Waals surface area contributed by atoms with Crippen LogP contribution in [-0.4, -0.2) is 4.98 Å². The van der Waals surface area contributed by atoms with Crippen LogP contribution >= 0.6 is 22.9 Å². The van der Waals surface area contributed by atoms with E-state index >= 15 is 0 Å². The van der Waals surface area contributed by atoms with Crippen LogP contribution in [0.25, 0.3) is 11.3 Å². The zero-order chi connectivity index (χ0) is 15.7. The molecule has 112 valence electrons. The Morgan fingerprint density at radius 1 is 1.00 bits per heavy atom. The maximum Gasteiger partial charge on any atom is 0.187 e. The second-order valence-corrected chi connectivity index (χ2v) is 6.99. The Morgan fingerprint density at radius 2 is 1.73 bits per heavy atom. The smallest absolute Gasteiger partial charge is 0.187 e. The summed E-state index contributed by atoms with van der Waals surface area (Å²) in [6, 6.07) is 14.4. The number of benzene rings is 2. The highest BCUT2D eigenvalue weighted by atomic mass is 35.5. The summed E-state index contributed by atoms with van der Waals surface area (Å²) in [4.78, 5) is 5.92. The fourth-order valence-electron chi connectivity index (χ4n) is 2.22. The lowest BCUT2D eigenvalue weighted by atomic mass is 10.1. The van der Waals surface area contributed by atoms with Crippen molar-refractivity contribution in [2.24, 2.45) is 0 Å². The number of halogens is 1. The van der Waals surface area contributed by atoms with Crippen molar-refractivity contribution in [1.82, 2.24) is 4.98 Å². The molecule has 1 aromatic heterocycles. The molecule has 1 heterocycles. The molecular formula is C18H17ClN2S. The normalized spacial score (nSPS) is 10.7. The van der Waals surface area contributed by atoms with Gasteiger partial charge in [0.15, 0.2) is 5.13 Å². The van der Waals surface area contributed by atoms with E-state index in [1.165, 1.54) is 10.4 Å². The van der Waals surface area contributed by atoms with Crippen molar-refractivity contribution in [2.45, 2.75) is 20.8 Å². The monoisotopic (exact) mass is 328 g/mol. The Kier molecular flexibility index (Phi) is 4.19. The standard InChI is InChI=1S/C18H17ClN2S/c1-11-4-7-14(8-5-11)17-13(3)22-18(21-17)20-15-9-6-12(2)16(19)10-15/h4-10H,1-3H3,(H,20,21). The van der Waals surface area contributed by atoms with Gasteiger partial charge in [-0.2, -0.15) is 0 Å². The summed E-state index contributed by atoms with van der Waals surface area (Å²) in [5, 5.41) is 4.98. The van der Waals surface area contributed by atoms with Crippen LogP contribution in [0.3, 0.4) is 0 Å². The number of hydrogen-bond donors (Lipinski definition) is 1. The first-order chi connectivity index (χ1) is 10.5. The van der Waals surface area contributed by atoms with E-state index in [2.05, 4.69) is 43.4 Å². The number of thiazole rings is 1. The highest BCUT2D eigenvalue weighted by Crippen LogP contribution is 2.32. The lowest BCUT2D eigenvalue weighted by Crippen LogP contribution is -1.90. The van der Waals surface area contributed by atoms with Crippen LogP contribution in [0.4, 0.5) is 10.8 Å². The van der Waals surface area contributed by atoms with Crippen LogP contribution in [0.5, 0.6) is 0 Å². The Morgan fingerprint density at radius 3 is 2.41 bits per heavy atom. The number of nitrogens with one attached hydrogen (secondary N) is 1. The molecule has 22 heavy (non-hydrogen) atoms. The van der Waals surface area contributed by atoms with E-state index in [4.69, 9.17) is 16.6 Å². The second-order valence-electron chi connectivity index (χ2n) is 5.38. The van der Waals surface area contributed by atoms with E-state index in [9.17, 15) is 0 Å². The van der Waals surface area contributed by atoms with Gasteiger partial charge in [0.25, 0.3) is 0 Å². The van der Waals surface area contributed by atoms with Gasteiger partial charge in [0.05, 0.1) is 5.69 Å². The van der Waals surface area contributed by atoms with Crippen LogP contribution < -0.4 is 5.32 Å². The van der Waals surface area contributed by atoms with Gasteiger partial charge >= 0.3 is 0 Å². The second kappa shape index (κ2) is 6.11. The number of aryl methyl sites for hydroxylation is 3. The molecule has 2 nitrogen and oxygen atoms in total. The first kappa shape index (κ1) is 15.1. The Balaban J connectivity index is 1.88. The average Bonchev–Trinajstić information content (AvgIpc) is 2.84. The van der Waals surface area contributed by atoms with Gasteiger partial charge in [-0.05, 0) is 38.5 Å². The molecule has 3 aromatic rings. The maximum absolute atomic E-state index is 6.17. The van der Waals surface area contributed by atoms with Crippen molar-refractivity contribution >= 4 is 33.8 Å². The largest absolute Gasteiger partial charge is 0.331 e. The summed E-state index contributed by atoms with van der Waals surface area (Å²) in [6.45, 7) is 6.18. The van der Waals surface area contributed by atoms with Gasteiger partial charge in [-0.15, -0.1) is 11.3 Å². The third-order valence-electron chi connectivity index (χ3n) is 3.54. The van der Waals surface area contributed by atoms with Crippen molar-refractivity contribution in [2.75, 3.05) is 5.32 Å². The molecule has 0 amide bonds. The Labute approximate surface area is 139 Å². The number of anilines is 2. The predicted octanol–water partition coefficient (Wildman–Crippen LogP) is 6.13. The predicted molar refractivity (Wildman–Crippen MR) is 96.5 cm³/mol. The number of rotatable bonds is 3. The first-order valence-electron chi connectivity index (χ1n) is 7.10. The topological polar surface area (TPSA) is 24.9 Å². The third kappa shape index (κ3) is 3.16. The van der Waals surface area contributed by atoms with Gasteiger partial charge in [-0.1, -0.05) is 47.5 Å². The van der Waals surface area contributed by atoms with Gasteiger partial charge in [-0.3, -0.25) is 0 Å². The molecule has 0 bridgehead atoms. The molecule has 0 aliphatic heterocycles. The van der Waals surface area contributed by atoms with Gasteiger partial charge in [0.2, 0.25) is 0 Å². The Hall–Kier alpha value is -1.84. The molecule has 4 heteroatoms. The highest BCUT2D eigenvalue weighted by Gasteiger charge is 2.10. The van der Waals surface area contributed by atoms with Crippen molar-refractivity contribution in [3.05, 3.63) is 63.5 Å². The minimum Gasteiger partial charge on any atom is -0.331 e. The van der Waals surface area contributed by atoms with E-state index in [0.717, 1.165) is 32.7 Å². The number of hydrogen-bond acceptors (Lipinski definition) is 3. The van der Waals surface area contributed by atoms with Crippen molar-refractivity contribution in [3.8, 4) is 11.3 Å². The van der Waals surface area contributed by atoms with Gasteiger partial charge < -0.3 is 5.32 Å². The van der Waals surface area contributed by atoms with Crippen molar-refractivity contribution in [1.29, 1.82) is 0 Å². The van der Waals surface area contributed by atoms with Gasteiger partial charge in [-0.25, -0.2) is 4.98 Å². The van der Waals surface area contributed by atoms with Gasteiger partial charge in [0, 0.05) is 21.2 Å². The fourth-order valence-corrected chi connectivity index (χ4v) is 3.26. The number of nitrogens with zero attached hydrogens (tertiary/aromatic N) is 1. The highest BCUT2D eigenvalue weighted by molar-refractivity contribution is 7.16. The van der Waals surface area contributed by atoms with E-state index in [0.29, 0.717) is 0 Å². The van der Waals surface area contributed by atoms with E-state index in [-0.39, 0.29) is 0 Å².